The highest BCUT2D eigenvalue weighted by molar-refractivity contribution is 6.40. The molecular formula is C67H51Cl3FN17O5. The minimum Gasteiger partial charge on any atom is -0.358 e. The van der Waals surface area contributed by atoms with Crippen molar-refractivity contribution in [2.75, 3.05) is 13.6 Å². The molecule has 26 heteroatoms. The molecule has 14 rings (SSSR count). The Morgan fingerprint density at radius 1 is 0.495 bits per heavy atom. The Morgan fingerprint density at radius 2 is 0.892 bits per heavy atom. The molecule has 0 aliphatic carbocycles. The lowest BCUT2D eigenvalue weighted by Gasteiger charge is -2.07. The highest BCUT2D eigenvalue weighted by Gasteiger charge is 2.26. The number of nitro groups is 1. The van der Waals surface area contributed by atoms with Crippen molar-refractivity contribution in [3.8, 4) is 67.5 Å². The molecule has 7 aromatic carbocycles. The number of hydrogen-bond donors (Lipinski definition) is 2. The number of non-ortho nitro benzene ring substituents is 1. The van der Waals surface area contributed by atoms with Crippen LogP contribution in [0.5, 0.6) is 0 Å². The van der Waals surface area contributed by atoms with Crippen LogP contribution in [0.15, 0.2) is 193 Å². The Balaban J connectivity index is 0.000000141. The molecule has 2 amide bonds. The van der Waals surface area contributed by atoms with Crippen LogP contribution in [0.1, 0.15) is 18.4 Å². The van der Waals surface area contributed by atoms with Crippen LogP contribution in [-0.4, -0.2) is 101 Å². The van der Waals surface area contributed by atoms with Crippen LogP contribution in [0.3, 0.4) is 0 Å². The molecule has 0 fully saturated rings. The number of fused-ring (bicyclic) bond motifs is 4. The van der Waals surface area contributed by atoms with Crippen molar-refractivity contribution in [1.29, 1.82) is 0 Å². The summed E-state index contributed by atoms with van der Waals surface area (Å²) in [5.74, 6) is -0.721. The molecule has 0 saturated heterocycles. The van der Waals surface area contributed by atoms with Crippen LogP contribution in [-0.2, 0) is 36.1 Å². The Bertz CT molecular complexity index is 5030. The Morgan fingerprint density at radius 3 is 1.34 bits per heavy atom. The first-order valence-electron chi connectivity index (χ1n) is 29.0. The molecular weight excluding hydrogens is 1250 g/mol. The molecule has 0 aliphatic rings. The van der Waals surface area contributed by atoms with E-state index in [9.17, 15) is 24.1 Å². The van der Waals surface area contributed by atoms with Gasteiger partial charge in [0.15, 0.2) is 16.9 Å². The molecule has 22 nitrogen and oxygen atoms in total. The normalized spacial score (nSPS) is 11.1. The summed E-state index contributed by atoms with van der Waals surface area (Å²) in [6.07, 6.45) is 1.99. The van der Waals surface area contributed by atoms with Gasteiger partial charge < -0.3 is 10.6 Å². The lowest BCUT2D eigenvalue weighted by Crippen LogP contribution is -2.29. The molecule has 7 heterocycles. The average molecular weight is 1300 g/mol. The van der Waals surface area contributed by atoms with E-state index in [1.165, 1.54) is 27.6 Å². The molecule has 0 aliphatic heterocycles. The van der Waals surface area contributed by atoms with Crippen molar-refractivity contribution in [2.45, 2.75) is 32.4 Å². The second-order valence-corrected chi connectivity index (χ2v) is 22.1. The topological polar surface area (TPSA) is 271 Å². The minimum absolute atomic E-state index is 0.0372. The number of nitro benzene ring substituents is 1. The molecule has 0 saturated carbocycles. The van der Waals surface area contributed by atoms with Crippen LogP contribution >= 0.6 is 34.8 Å². The van der Waals surface area contributed by atoms with Gasteiger partial charge in [0.2, 0.25) is 17.3 Å². The Kier molecular flexibility index (Phi) is 18.6. The number of amides is 2. The number of aryl methyl sites for hydroxylation is 2. The quantitative estimate of drug-likeness (QED) is 0.0517. The predicted molar refractivity (Wildman–Crippen MR) is 353 cm³/mol. The van der Waals surface area contributed by atoms with Crippen molar-refractivity contribution < 1.29 is 23.5 Å². The van der Waals surface area contributed by atoms with Gasteiger partial charge in [-0.3, -0.25) is 19.7 Å². The standard InChI is InChI=1S/C29H23ClN8O4.C20H16ClN5O.C18H12ClFN4/c30-24-23-25(18-9-3-1-4-10-18)34-37(29(23)33-32-26(24)19-11-5-2-6-12-19)17-22(39)31-16-8-7-13-20-14-15-21(38(40)41)28-27(20)35-42-36-28;1-22-15(27)12-26-20-16(18(25-26)13-8-4-2-5-9-13)17(21)19(23-24-20)14-10-6-3-7-11-14;1-24-18-14(16(23-24)11-5-3-2-4-6-11)15(19)17(21-22-18)12-7-9-13(20)10-8-12/h1-6,9-12,14-15H,7-8,13,16-17H2,(H,31,39);2-11H,12H2,1H3,(H,22,27);2-10H,1H3. The van der Waals surface area contributed by atoms with Crippen LogP contribution in [0.2, 0.25) is 15.1 Å². The Hall–Kier alpha value is -11.3. The van der Waals surface area contributed by atoms with Gasteiger partial charge in [-0.1, -0.05) is 186 Å². The fourth-order valence-corrected chi connectivity index (χ4v) is 11.4. The number of likely N-dealkylation sites (N-methyl/N-ethyl adjacent to an activating group) is 1. The van der Waals surface area contributed by atoms with E-state index in [1.54, 1.807) is 37.0 Å². The average Bonchev–Trinajstić information content (AvgIpc) is 1.68. The minimum atomic E-state index is -0.515. The summed E-state index contributed by atoms with van der Waals surface area (Å²) >= 11 is 20.3. The number of carbonyl (C=O) groups excluding carboxylic acids is 2. The number of benzene rings is 7. The summed E-state index contributed by atoms with van der Waals surface area (Å²) < 4.78 is 22.6. The Labute approximate surface area is 543 Å². The van der Waals surface area contributed by atoms with Crippen molar-refractivity contribution in [3.05, 3.63) is 225 Å². The van der Waals surface area contributed by atoms with Crippen molar-refractivity contribution >= 4 is 96.4 Å². The fourth-order valence-electron chi connectivity index (χ4n) is 10.4. The van der Waals surface area contributed by atoms with E-state index in [4.69, 9.17) is 44.5 Å². The maximum Gasteiger partial charge on any atom is 0.300 e. The number of nitrogens with zero attached hydrogens (tertiary/aromatic N) is 15. The zero-order valence-corrected chi connectivity index (χ0v) is 51.7. The summed E-state index contributed by atoms with van der Waals surface area (Å²) in [4.78, 5) is 35.5. The number of unbranched alkanes of at least 4 members (excludes halogenated alkanes) is 1. The smallest absolute Gasteiger partial charge is 0.300 e. The van der Waals surface area contributed by atoms with Crippen LogP contribution in [0.25, 0.3) is 112 Å². The number of hydrogen-bond acceptors (Lipinski definition) is 16. The summed E-state index contributed by atoms with van der Waals surface area (Å²) in [5, 5.41) is 67.4. The van der Waals surface area contributed by atoms with E-state index in [0.717, 1.165) is 44.5 Å². The lowest BCUT2D eigenvalue weighted by atomic mass is 10.1. The first kappa shape index (κ1) is 61.9. The van der Waals surface area contributed by atoms with Gasteiger partial charge in [0.1, 0.15) is 58.6 Å². The van der Waals surface area contributed by atoms with Crippen molar-refractivity contribution in [1.82, 2.24) is 80.9 Å². The van der Waals surface area contributed by atoms with E-state index in [-0.39, 0.29) is 41.9 Å². The van der Waals surface area contributed by atoms with E-state index in [0.29, 0.717) is 108 Å². The summed E-state index contributed by atoms with van der Waals surface area (Å²) in [6, 6.07) is 57.3. The van der Waals surface area contributed by atoms with Crippen LogP contribution < -0.4 is 10.6 Å². The largest absolute Gasteiger partial charge is 0.358 e. The lowest BCUT2D eigenvalue weighted by molar-refractivity contribution is -0.383. The van der Waals surface area contributed by atoms with Gasteiger partial charge in [0.05, 0.1) is 36.1 Å². The van der Waals surface area contributed by atoms with Crippen molar-refractivity contribution in [3.63, 3.8) is 0 Å². The maximum atomic E-state index is 13.2. The van der Waals surface area contributed by atoms with Crippen LogP contribution in [0.4, 0.5) is 10.1 Å². The molecule has 93 heavy (non-hydrogen) atoms. The number of carbonyl (C=O) groups is 2. The second kappa shape index (κ2) is 27.9. The SMILES string of the molecule is CNC(=O)Cn1nc(-c2ccccc2)c2c(Cl)c(-c3ccccc3)nnc21.Cn1nc(-c2ccccc2)c2c(Cl)c(-c3ccc(F)cc3)nnc21.O=C(Cn1nc(-c2ccccc2)c2c(Cl)c(-c3ccccc3)nnc21)NCCCCc1ccc([N+](=O)[O-])c2nonc12. The molecule has 14 aromatic rings. The third-order valence-electron chi connectivity index (χ3n) is 15.0. The number of rotatable bonds is 16. The number of nitrogens with one attached hydrogen (secondary N) is 2. The van der Waals surface area contributed by atoms with Gasteiger partial charge in [-0.2, -0.15) is 15.3 Å². The molecule has 0 atom stereocenters. The van der Waals surface area contributed by atoms with E-state index < -0.39 is 4.92 Å². The van der Waals surface area contributed by atoms with Gasteiger partial charge in [-0.25, -0.2) is 23.1 Å². The molecule has 0 bridgehead atoms. The van der Waals surface area contributed by atoms with E-state index >= 15 is 0 Å². The van der Waals surface area contributed by atoms with Crippen LogP contribution in [0, 0.1) is 15.9 Å². The first-order valence-corrected chi connectivity index (χ1v) is 30.1. The molecule has 0 spiro atoms. The molecule has 0 radical (unpaired) electrons. The zero-order chi connectivity index (χ0) is 64.5. The molecule has 2 N–H and O–H groups in total. The van der Waals surface area contributed by atoms with Gasteiger partial charge in [-0.05, 0) is 65.5 Å². The zero-order valence-electron chi connectivity index (χ0n) is 49.4. The number of aromatic nitrogens is 14. The summed E-state index contributed by atoms with van der Waals surface area (Å²) in [5.41, 5.74) is 11.4. The van der Waals surface area contributed by atoms with Gasteiger partial charge in [0.25, 0.3) is 0 Å². The highest BCUT2D eigenvalue weighted by atomic mass is 35.5. The van der Waals surface area contributed by atoms with Gasteiger partial charge >= 0.3 is 5.69 Å². The summed E-state index contributed by atoms with van der Waals surface area (Å²) in [7, 11) is 3.38. The monoisotopic (exact) mass is 1300 g/mol. The third kappa shape index (κ3) is 13.2. The highest BCUT2D eigenvalue weighted by Crippen LogP contribution is 2.40. The maximum absolute atomic E-state index is 13.2. The van der Waals surface area contributed by atoms with E-state index in [2.05, 4.69) is 61.7 Å². The third-order valence-corrected chi connectivity index (χ3v) is 16.1. The molecule has 7 aromatic heterocycles. The summed E-state index contributed by atoms with van der Waals surface area (Å²) in [6.45, 7) is 0.406. The second-order valence-electron chi connectivity index (χ2n) is 20.9. The van der Waals surface area contributed by atoms with E-state index in [1.807, 2.05) is 152 Å². The first-order chi connectivity index (χ1) is 45.3. The molecule has 462 valence electrons. The molecule has 0 unspecified atom stereocenters. The predicted octanol–water partition coefficient (Wildman–Crippen LogP) is 13.4. The van der Waals surface area contributed by atoms with Gasteiger partial charge in [-0.15, -0.1) is 30.6 Å². The number of halogens is 4. The fraction of sp³-hybridized carbons (Fsp3) is 0.119. The van der Waals surface area contributed by atoms with Gasteiger partial charge in [0, 0.05) is 60.1 Å². The van der Waals surface area contributed by atoms with Crippen molar-refractivity contribution in [2.24, 2.45) is 7.05 Å².